The maximum absolute atomic E-state index is 13.2. The first-order chi connectivity index (χ1) is 24.8. The van der Waals surface area contributed by atoms with Crippen LogP contribution in [0.5, 0.6) is 0 Å². The Morgan fingerprint density at radius 2 is 1.51 bits per heavy atom. The first kappa shape index (κ1) is 36.5. The van der Waals surface area contributed by atoms with Crippen LogP contribution in [-0.2, 0) is 37.0 Å². The van der Waals surface area contributed by atoms with Gasteiger partial charge >= 0.3 is 5.97 Å². The lowest BCUT2D eigenvalue weighted by Crippen LogP contribution is -2.57. The van der Waals surface area contributed by atoms with Crippen LogP contribution in [0.3, 0.4) is 0 Å². The molecular weight excluding hydrogens is 648 g/mol. The number of carboxylic acid groups (broad SMARTS) is 1. The van der Waals surface area contributed by atoms with E-state index in [1.165, 1.54) is 0 Å². The molecule has 51 heavy (non-hydrogen) atoms. The number of likely N-dealkylation sites (tertiary alicyclic amines) is 1. The van der Waals surface area contributed by atoms with Crippen LogP contribution < -0.4 is 15.5 Å². The second kappa shape index (κ2) is 17.3. The quantitative estimate of drug-likeness (QED) is 0.158. The average molecular weight is 699 g/mol. The molecule has 3 aromatic rings. The number of carboxylic acids is 1. The van der Waals surface area contributed by atoms with E-state index in [4.69, 9.17) is 14.6 Å². The Hall–Kier alpha value is -4.29. The van der Waals surface area contributed by atoms with Crippen molar-refractivity contribution < 1.29 is 34.1 Å². The van der Waals surface area contributed by atoms with Crippen molar-refractivity contribution in [2.24, 2.45) is 0 Å². The van der Waals surface area contributed by atoms with Crippen LogP contribution >= 0.6 is 0 Å². The molecule has 272 valence electrons. The van der Waals surface area contributed by atoms with Gasteiger partial charge < -0.3 is 40.1 Å². The third-order valence-electron chi connectivity index (χ3n) is 10.5. The molecule has 4 N–H and O–H groups in total. The van der Waals surface area contributed by atoms with Gasteiger partial charge in [0.2, 0.25) is 11.8 Å². The highest BCUT2D eigenvalue weighted by Gasteiger charge is 2.50. The molecule has 6 rings (SSSR count). The number of carbonyl (C=O) groups excluding carboxylic acids is 2. The van der Waals surface area contributed by atoms with Gasteiger partial charge in [-0.1, -0.05) is 79.6 Å². The van der Waals surface area contributed by atoms with Crippen LogP contribution in [0.2, 0.25) is 0 Å². The number of anilines is 1. The molecule has 0 saturated carbocycles. The zero-order valence-electron chi connectivity index (χ0n) is 29.2. The Morgan fingerprint density at radius 3 is 2.20 bits per heavy atom. The highest BCUT2D eigenvalue weighted by atomic mass is 16.7. The molecule has 0 bridgehead atoms. The molecule has 3 aromatic carbocycles. The Kier molecular flexibility index (Phi) is 12.4. The Balaban J connectivity index is 1.06. The van der Waals surface area contributed by atoms with Gasteiger partial charge in [0.15, 0.2) is 6.29 Å². The first-order valence-corrected chi connectivity index (χ1v) is 18.2. The number of piperidine rings is 1. The summed E-state index contributed by atoms with van der Waals surface area (Å²) < 4.78 is 13.2. The van der Waals surface area contributed by atoms with Crippen molar-refractivity contribution in [1.82, 2.24) is 15.5 Å². The minimum absolute atomic E-state index is 0.0147. The summed E-state index contributed by atoms with van der Waals surface area (Å²) in [6, 6.07) is 26.0. The summed E-state index contributed by atoms with van der Waals surface area (Å²) in [5, 5.41) is 24.4. The number of aliphatic hydroxyl groups is 1. The maximum Gasteiger partial charge on any atom is 0.303 e. The molecule has 0 aromatic heterocycles. The van der Waals surface area contributed by atoms with Crippen LogP contribution in [0.15, 0.2) is 78.9 Å². The zero-order chi connectivity index (χ0) is 35.6. The SMILES string of the molecule is O=C(O)CCCCCCC(=O)NCc1ccc([C@@H]2O[C@H](CN3CCC4(CC3)C(=O)NCN4c3ccccc3)C[C@H](c3ccc(CO)cc3)O2)cc1. The van der Waals surface area contributed by atoms with Crippen LogP contribution in [0.25, 0.3) is 0 Å². The summed E-state index contributed by atoms with van der Waals surface area (Å²) in [6.45, 7) is 3.21. The first-order valence-electron chi connectivity index (χ1n) is 18.2. The number of nitrogens with one attached hydrogen (secondary N) is 2. The molecule has 3 heterocycles. The Labute approximate surface area is 299 Å². The zero-order valence-corrected chi connectivity index (χ0v) is 29.2. The number of para-hydroxylation sites is 1. The molecule has 3 saturated heterocycles. The van der Waals surface area contributed by atoms with E-state index in [2.05, 4.69) is 32.6 Å². The summed E-state index contributed by atoms with van der Waals surface area (Å²) >= 11 is 0. The van der Waals surface area contributed by atoms with Crippen LogP contribution in [-0.4, -0.2) is 70.8 Å². The van der Waals surface area contributed by atoms with E-state index in [0.717, 1.165) is 79.7 Å². The number of hydrogen-bond acceptors (Lipinski definition) is 8. The van der Waals surface area contributed by atoms with E-state index in [1.807, 2.05) is 66.7 Å². The maximum atomic E-state index is 13.2. The number of benzene rings is 3. The number of ether oxygens (including phenoxy) is 2. The second-order valence-electron chi connectivity index (χ2n) is 13.9. The van der Waals surface area contributed by atoms with Crippen molar-refractivity contribution in [1.29, 1.82) is 0 Å². The van der Waals surface area contributed by atoms with Crippen molar-refractivity contribution in [2.75, 3.05) is 31.2 Å². The van der Waals surface area contributed by atoms with Gasteiger partial charge in [-0.2, -0.15) is 0 Å². The number of rotatable bonds is 15. The van der Waals surface area contributed by atoms with Crippen molar-refractivity contribution in [3.63, 3.8) is 0 Å². The van der Waals surface area contributed by atoms with Crippen LogP contribution in [0.1, 0.15) is 92.4 Å². The van der Waals surface area contributed by atoms with E-state index >= 15 is 0 Å². The Morgan fingerprint density at radius 1 is 0.843 bits per heavy atom. The van der Waals surface area contributed by atoms with Gasteiger partial charge in [-0.3, -0.25) is 14.4 Å². The van der Waals surface area contributed by atoms with Crippen LogP contribution in [0.4, 0.5) is 5.69 Å². The van der Waals surface area contributed by atoms with Gasteiger partial charge in [0.25, 0.3) is 0 Å². The molecule has 1 spiro atoms. The molecule has 0 aliphatic carbocycles. The largest absolute Gasteiger partial charge is 0.481 e. The summed E-state index contributed by atoms with van der Waals surface area (Å²) in [5.41, 5.74) is 4.26. The fraction of sp³-hybridized carbons (Fsp3) is 0.475. The Bertz CT molecular complexity index is 1590. The van der Waals surface area contributed by atoms with Crippen molar-refractivity contribution >= 4 is 23.5 Å². The normalized spacial score (nSPS) is 21.8. The van der Waals surface area contributed by atoms with Crippen molar-refractivity contribution in [3.8, 4) is 0 Å². The van der Waals surface area contributed by atoms with Gasteiger partial charge in [0.05, 0.1) is 25.5 Å². The summed E-state index contributed by atoms with van der Waals surface area (Å²) in [6.07, 6.45) is 4.89. The topological polar surface area (TPSA) is 141 Å². The molecule has 3 atom stereocenters. The third kappa shape index (κ3) is 9.34. The predicted octanol–water partition coefficient (Wildman–Crippen LogP) is 5.19. The molecule has 3 aliphatic heterocycles. The molecule has 0 radical (unpaired) electrons. The number of aliphatic hydroxyl groups excluding tert-OH is 1. The molecule has 2 amide bonds. The van der Waals surface area contributed by atoms with E-state index < -0.39 is 17.8 Å². The van der Waals surface area contributed by atoms with E-state index in [-0.39, 0.29) is 37.0 Å². The van der Waals surface area contributed by atoms with E-state index in [0.29, 0.717) is 32.5 Å². The molecule has 11 nitrogen and oxygen atoms in total. The number of nitrogens with zero attached hydrogens (tertiary/aromatic N) is 2. The van der Waals surface area contributed by atoms with Gasteiger partial charge in [-0.25, -0.2) is 0 Å². The lowest BCUT2D eigenvalue weighted by Gasteiger charge is -2.45. The number of amides is 2. The highest BCUT2D eigenvalue weighted by molar-refractivity contribution is 5.93. The minimum Gasteiger partial charge on any atom is -0.481 e. The van der Waals surface area contributed by atoms with Crippen molar-refractivity contribution in [3.05, 3.63) is 101 Å². The van der Waals surface area contributed by atoms with Crippen LogP contribution in [0, 0.1) is 0 Å². The van der Waals surface area contributed by atoms with Crippen molar-refractivity contribution in [2.45, 2.75) is 95.0 Å². The monoisotopic (exact) mass is 698 g/mol. The van der Waals surface area contributed by atoms with Gasteiger partial charge in [0, 0.05) is 56.7 Å². The number of carbonyl (C=O) groups is 3. The second-order valence-corrected chi connectivity index (χ2v) is 13.9. The van der Waals surface area contributed by atoms with Gasteiger partial charge in [-0.15, -0.1) is 0 Å². The fourth-order valence-corrected chi connectivity index (χ4v) is 7.46. The van der Waals surface area contributed by atoms with E-state index in [9.17, 15) is 19.5 Å². The molecular formula is C40H50N4O7. The lowest BCUT2D eigenvalue weighted by atomic mass is 9.85. The highest BCUT2D eigenvalue weighted by Crippen LogP contribution is 2.40. The minimum atomic E-state index is -0.781. The fourth-order valence-electron chi connectivity index (χ4n) is 7.46. The standard InChI is InChI=1S/C40H50N4O7/c45-27-30-14-16-31(17-15-30)35-24-34(26-43-22-20-40(21-23-43)39(49)42-28-44(40)33-8-4-3-5-9-33)50-38(51-35)32-18-12-29(13-19-32)25-41-36(46)10-6-1-2-7-11-37(47)48/h3-5,8-9,12-19,34-35,38,45H,1-2,6-7,10-11,20-28H2,(H,41,46)(H,42,49)(H,47,48)/t34-,35+,38+/m0/s1. The lowest BCUT2D eigenvalue weighted by molar-refractivity contribution is -0.253. The summed E-state index contributed by atoms with van der Waals surface area (Å²) in [4.78, 5) is 40.8. The van der Waals surface area contributed by atoms with Gasteiger partial charge in [0.1, 0.15) is 5.54 Å². The van der Waals surface area contributed by atoms with Gasteiger partial charge in [-0.05, 0) is 54.5 Å². The number of aliphatic carboxylic acids is 1. The molecule has 3 fully saturated rings. The molecule has 11 heteroatoms. The smallest absolute Gasteiger partial charge is 0.303 e. The summed E-state index contributed by atoms with van der Waals surface area (Å²) in [7, 11) is 0. The van der Waals surface area contributed by atoms with E-state index in [1.54, 1.807) is 0 Å². The average Bonchev–Trinajstić information content (AvgIpc) is 3.47. The summed E-state index contributed by atoms with van der Waals surface area (Å²) in [5.74, 6) is -0.691. The number of hydrogen-bond donors (Lipinski definition) is 4. The molecule has 3 aliphatic rings. The predicted molar refractivity (Wildman–Crippen MR) is 192 cm³/mol. The third-order valence-corrected chi connectivity index (χ3v) is 10.5. The number of unbranched alkanes of at least 4 members (excludes halogenated alkanes) is 3. The molecule has 0 unspecified atom stereocenters.